The van der Waals surface area contributed by atoms with E-state index in [4.69, 9.17) is 18.9 Å². The number of aliphatic hydroxyl groups is 8. The molecule has 14 heteroatoms. The van der Waals surface area contributed by atoms with Gasteiger partial charge in [0.1, 0.15) is 48.8 Å². The average Bonchev–Trinajstić information content (AvgIpc) is 3.47. The second-order valence-corrected chi connectivity index (χ2v) is 22.9. The summed E-state index contributed by atoms with van der Waals surface area (Å²) in [7, 11) is 0. The summed E-state index contributed by atoms with van der Waals surface area (Å²) in [6.07, 6.45) is 46.8. The number of hydrogen-bond acceptors (Lipinski definition) is 13. The minimum Gasteiger partial charge on any atom is -0.394 e. The van der Waals surface area contributed by atoms with Crippen LogP contribution in [0.2, 0.25) is 0 Å². The van der Waals surface area contributed by atoms with Gasteiger partial charge in [0, 0.05) is 6.42 Å². The summed E-state index contributed by atoms with van der Waals surface area (Å²) in [5, 5.41) is 87.5. The molecule has 9 N–H and O–H groups in total. The molecule has 0 radical (unpaired) electrons. The highest BCUT2D eigenvalue weighted by Gasteiger charge is 2.51. The zero-order chi connectivity index (χ0) is 57.4. The van der Waals surface area contributed by atoms with E-state index in [-0.39, 0.29) is 12.5 Å². The van der Waals surface area contributed by atoms with Crippen LogP contribution in [-0.4, -0.2) is 140 Å². The van der Waals surface area contributed by atoms with Gasteiger partial charge in [0.05, 0.1) is 32.0 Å². The van der Waals surface area contributed by atoms with Crippen LogP contribution >= 0.6 is 0 Å². The summed E-state index contributed by atoms with van der Waals surface area (Å²) in [6.45, 7) is 2.78. The Morgan fingerprint density at radius 3 is 1.34 bits per heavy atom. The van der Waals surface area contributed by atoms with Crippen LogP contribution in [0.3, 0.4) is 0 Å². The Bertz CT molecular complexity index is 1510. The number of rotatable bonds is 52. The van der Waals surface area contributed by atoms with Crippen LogP contribution in [0.25, 0.3) is 0 Å². The topological polar surface area (TPSA) is 228 Å². The summed E-state index contributed by atoms with van der Waals surface area (Å²) >= 11 is 0. The molecule has 2 rings (SSSR count). The lowest BCUT2D eigenvalue weighted by Crippen LogP contribution is -2.65. The van der Waals surface area contributed by atoms with Crippen LogP contribution in [0.1, 0.15) is 264 Å². The van der Waals surface area contributed by atoms with E-state index < -0.39 is 86.8 Å². The molecule has 2 fully saturated rings. The van der Waals surface area contributed by atoms with Crippen LogP contribution in [0.5, 0.6) is 0 Å². The molecular formula is C65H119NO13. The number of allylic oxidation sites excluding steroid dienone is 8. The van der Waals surface area contributed by atoms with E-state index in [9.17, 15) is 45.6 Å². The monoisotopic (exact) mass is 1120 g/mol. The minimum atomic E-state index is -1.78. The van der Waals surface area contributed by atoms with Gasteiger partial charge < -0.3 is 65.1 Å². The quantitative estimate of drug-likeness (QED) is 0.0204. The van der Waals surface area contributed by atoms with Gasteiger partial charge in [0.15, 0.2) is 12.6 Å². The molecule has 14 nitrogen and oxygen atoms in total. The predicted octanol–water partition coefficient (Wildman–Crippen LogP) is 12.0. The fraction of sp³-hybridized carbons (Fsp3) is 0.862. The summed E-state index contributed by atoms with van der Waals surface area (Å²) in [4.78, 5) is 13.3. The summed E-state index contributed by atoms with van der Waals surface area (Å²) in [5.74, 6) is -0.207. The van der Waals surface area contributed by atoms with Crippen LogP contribution in [-0.2, 0) is 23.7 Å². The molecule has 79 heavy (non-hydrogen) atoms. The first-order valence-electron chi connectivity index (χ1n) is 32.4. The molecule has 462 valence electrons. The van der Waals surface area contributed by atoms with Crippen LogP contribution in [0.15, 0.2) is 48.6 Å². The van der Waals surface area contributed by atoms with Gasteiger partial charge in [-0.25, -0.2) is 0 Å². The van der Waals surface area contributed by atoms with Gasteiger partial charge >= 0.3 is 0 Å². The molecule has 2 saturated heterocycles. The van der Waals surface area contributed by atoms with E-state index in [0.29, 0.717) is 12.8 Å². The number of carbonyl (C=O) groups excluding carboxylic acids is 1. The van der Waals surface area contributed by atoms with Crippen LogP contribution in [0.4, 0.5) is 0 Å². The van der Waals surface area contributed by atoms with Gasteiger partial charge in [-0.3, -0.25) is 4.79 Å². The van der Waals surface area contributed by atoms with E-state index in [1.807, 2.05) is 0 Å². The molecule has 0 bridgehead atoms. The molecular weight excluding hydrogens is 1000 g/mol. The third-order valence-corrected chi connectivity index (χ3v) is 15.8. The molecule has 0 aliphatic carbocycles. The number of ether oxygens (including phenoxy) is 4. The van der Waals surface area contributed by atoms with Gasteiger partial charge in [-0.1, -0.05) is 255 Å². The Morgan fingerprint density at radius 2 is 0.873 bits per heavy atom. The van der Waals surface area contributed by atoms with Crippen molar-refractivity contribution in [1.29, 1.82) is 0 Å². The van der Waals surface area contributed by atoms with Crippen LogP contribution < -0.4 is 5.32 Å². The molecule has 0 saturated carbocycles. The first kappa shape index (κ1) is 73.1. The lowest BCUT2D eigenvalue weighted by atomic mass is 9.97. The SMILES string of the molecule is CC/C=C\C/C=C\C/C=C\C/C=C\CCCCCCCCCCCCCCC(=O)NC(COC1OC(CO)C(OC2OC(CO)C(O)C(O)C2O)C(O)C1O)C(O)CCCCCCCCCCCCCCCCCCCCCC. The number of unbranched alkanes of at least 4 members (excludes halogenated alkanes) is 31. The number of aliphatic hydroxyl groups excluding tert-OH is 8. The third-order valence-electron chi connectivity index (χ3n) is 15.8. The maximum absolute atomic E-state index is 13.3. The first-order valence-corrected chi connectivity index (χ1v) is 32.4. The van der Waals surface area contributed by atoms with Crippen molar-refractivity contribution in [2.75, 3.05) is 19.8 Å². The van der Waals surface area contributed by atoms with E-state index in [0.717, 1.165) is 83.5 Å². The summed E-state index contributed by atoms with van der Waals surface area (Å²) in [5.41, 5.74) is 0. The smallest absolute Gasteiger partial charge is 0.220 e. The zero-order valence-electron chi connectivity index (χ0n) is 49.9. The van der Waals surface area contributed by atoms with E-state index in [2.05, 4.69) is 67.8 Å². The molecule has 12 atom stereocenters. The Kier molecular flexibility index (Phi) is 46.7. The third kappa shape index (κ3) is 35.6. The molecule has 0 aromatic heterocycles. The number of nitrogens with one attached hydrogen (secondary N) is 1. The Labute approximate surface area is 480 Å². The molecule has 0 aromatic carbocycles. The van der Waals surface area contributed by atoms with E-state index in [1.165, 1.54) is 154 Å². The molecule has 0 aromatic rings. The Balaban J connectivity index is 1.71. The highest BCUT2D eigenvalue weighted by molar-refractivity contribution is 5.76. The molecule has 2 aliphatic rings. The zero-order valence-corrected chi connectivity index (χ0v) is 49.9. The lowest BCUT2D eigenvalue weighted by molar-refractivity contribution is -0.359. The molecule has 2 aliphatic heterocycles. The fourth-order valence-corrected chi connectivity index (χ4v) is 10.6. The van der Waals surface area contributed by atoms with Crippen molar-refractivity contribution in [3.8, 4) is 0 Å². The lowest BCUT2D eigenvalue weighted by Gasteiger charge is -2.46. The maximum atomic E-state index is 13.3. The number of amides is 1. The van der Waals surface area contributed by atoms with E-state index >= 15 is 0 Å². The maximum Gasteiger partial charge on any atom is 0.220 e. The van der Waals surface area contributed by atoms with Crippen molar-refractivity contribution in [3.05, 3.63) is 48.6 Å². The van der Waals surface area contributed by atoms with Crippen LogP contribution in [0, 0.1) is 0 Å². The predicted molar refractivity (Wildman–Crippen MR) is 318 cm³/mol. The molecule has 12 unspecified atom stereocenters. The van der Waals surface area contributed by atoms with Crippen molar-refractivity contribution < 1.29 is 64.6 Å². The van der Waals surface area contributed by atoms with Gasteiger partial charge in [-0.15, -0.1) is 0 Å². The van der Waals surface area contributed by atoms with Crippen molar-refractivity contribution in [2.24, 2.45) is 0 Å². The minimum absolute atomic E-state index is 0.207. The first-order chi connectivity index (χ1) is 38.6. The van der Waals surface area contributed by atoms with Gasteiger partial charge in [0.25, 0.3) is 0 Å². The van der Waals surface area contributed by atoms with Crippen molar-refractivity contribution in [1.82, 2.24) is 5.32 Å². The largest absolute Gasteiger partial charge is 0.394 e. The van der Waals surface area contributed by atoms with Gasteiger partial charge in [-0.2, -0.15) is 0 Å². The molecule has 1 amide bonds. The average molecular weight is 1120 g/mol. The van der Waals surface area contributed by atoms with Crippen molar-refractivity contribution in [2.45, 2.75) is 338 Å². The summed E-state index contributed by atoms with van der Waals surface area (Å²) in [6, 6.07) is -0.832. The highest BCUT2D eigenvalue weighted by Crippen LogP contribution is 2.30. The second kappa shape index (κ2) is 50.5. The van der Waals surface area contributed by atoms with Crippen molar-refractivity contribution in [3.63, 3.8) is 0 Å². The van der Waals surface area contributed by atoms with E-state index in [1.54, 1.807) is 0 Å². The number of hydrogen-bond donors (Lipinski definition) is 9. The second-order valence-electron chi connectivity index (χ2n) is 22.9. The number of carbonyl (C=O) groups is 1. The molecule has 2 heterocycles. The highest BCUT2D eigenvalue weighted by atomic mass is 16.7. The Morgan fingerprint density at radius 1 is 0.468 bits per heavy atom. The summed E-state index contributed by atoms with van der Waals surface area (Å²) < 4.78 is 22.9. The van der Waals surface area contributed by atoms with Crippen molar-refractivity contribution >= 4 is 5.91 Å². The normalized spacial score (nSPS) is 24.7. The van der Waals surface area contributed by atoms with Gasteiger partial charge in [-0.05, 0) is 51.4 Å². The molecule has 0 spiro atoms. The van der Waals surface area contributed by atoms with Gasteiger partial charge in [0.2, 0.25) is 5.91 Å². The fourth-order valence-electron chi connectivity index (χ4n) is 10.6. The standard InChI is InChI=1S/C65H119NO13/c1-3-5-7-9-11-13-15-17-19-21-23-25-26-27-28-29-31-33-35-37-39-41-43-45-47-49-57(70)66-53(54(69)48-46-44-42-40-38-36-34-32-30-24-22-20-18-16-14-12-10-8-6-4-2)52-76-64-62(75)60(73)63(56(51-68)78-64)79-65-61(74)59(72)58(71)55(50-67)77-65/h5,7,11,13,17,19,23,25,53-56,58-65,67-69,71-75H,3-4,6,8-10,12,14-16,18,20-22,24,26-52H2,1-2H3,(H,66,70)/b7-5-,13-11-,19-17-,25-23-. The Hall–Kier alpha value is -2.05.